The molecule has 2 amide bonds. The van der Waals surface area contributed by atoms with Gasteiger partial charge in [-0.25, -0.2) is 0 Å². The van der Waals surface area contributed by atoms with Crippen LogP contribution in [0.25, 0.3) is 0 Å². The van der Waals surface area contributed by atoms with E-state index in [4.69, 9.17) is 9.84 Å². The minimum Gasteiger partial charge on any atom is -0.482 e. The molecular formula is C12H12N2O5. The van der Waals surface area contributed by atoms with Gasteiger partial charge < -0.3 is 20.5 Å². The van der Waals surface area contributed by atoms with Crippen LogP contribution in [0.2, 0.25) is 0 Å². The maximum atomic E-state index is 11.5. The van der Waals surface area contributed by atoms with E-state index < -0.39 is 18.4 Å². The largest absolute Gasteiger partial charge is 0.482 e. The van der Waals surface area contributed by atoms with Crippen molar-refractivity contribution in [3.63, 3.8) is 0 Å². The van der Waals surface area contributed by atoms with Gasteiger partial charge in [-0.3, -0.25) is 14.4 Å². The molecule has 0 aromatic heterocycles. The number of amides is 2. The number of benzene rings is 1. The van der Waals surface area contributed by atoms with Gasteiger partial charge in [-0.05, 0) is 17.7 Å². The van der Waals surface area contributed by atoms with E-state index in [0.717, 1.165) is 0 Å². The van der Waals surface area contributed by atoms with Gasteiger partial charge in [0.1, 0.15) is 12.3 Å². The molecule has 0 saturated heterocycles. The molecule has 7 heteroatoms. The number of ether oxygens (including phenoxy) is 1. The van der Waals surface area contributed by atoms with Gasteiger partial charge in [0, 0.05) is 0 Å². The number of anilines is 1. The second-order valence-corrected chi connectivity index (χ2v) is 4.01. The van der Waals surface area contributed by atoms with E-state index in [9.17, 15) is 14.4 Å². The predicted octanol–water partition coefficient (Wildman–Crippen LogP) is -0.239. The van der Waals surface area contributed by atoms with Gasteiger partial charge in [-0.1, -0.05) is 6.07 Å². The Labute approximate surface area is 108 Å². The van der Waals surface area contributed by atoms with E-state index in [1.165, 1.54) is 0 Å². The van der Waals surface area contributed by atoms with Crippen molar-refractivity contribution in [2.75, 3.05) is 18.5 Å². The number of carbonyl (C=O) groups excluding carboxylic acids is 2. The maximum absolute atomic E-state index is 11.5. The summed E-state index contributed by atoms with van der Waals surface area (Å²) in [5.41, 5.74) is 1.17. The van der Waals surface area contributed by atoms with Crippen molar-refractivity contribution in [2.45, 2.75) is 6.42 Å². The molecule has 1 heterocycles. The molecule has 7 nitrogen and oxygen atoms in total. The fourth-order valence-corrected chi connectivity index (χ4v) is 1.66. The second-order valence-electron chi connectivity index (χ2n) is 4.01. The first-order valence-corrected chi connectivity index (χ1v) is 5.58. The van der Waals surface area contributed by atoms with E-state index >= 15 is 0 Å². The van der Waals surface area contributed by atoms with E-state index in [-0.39, 0.29) is 18.9 Å². The summed E-state index contributed by atoms with van der Waals surface area (Å²) in [6.45, 7) is -0.435. The Hall–Kier alpha value is -2.57. The number of fused-ring (bicyclic) bond motifs is 1. The Morgan fingerprint density at radius 2 is 2.21 bits per heavy atom. The standard InChI is InChI=1S/C12H12N2O5/c15-10(13-5-12(17)18)4-7-1-2-9-8(3-7)14-11(16)6-19-9/h1-3H,4-6H2,(H,13,15)(H,14,16)(H,17,18). The van der Waals surface area contributed by atoms with Crippen LogP contribution in [0.4, 0.5) is 5.69 Å². The van der Waals surface area contributed by atoms with Crippen LogP contribution in [-0.2, 0) is 20.8 Å². The summed E-state index contributed by atoms with van der Waals surface area (Å²) in [7, 11) is 0. The molecule has 0 atom stereocenters. The molecule has 0 bridgehead atoms. The van der Waals surface area contributed by atoms with Gasteiger partial charge in [0.25, 0.3) is 5.91 Å². The molecule has 1 aliphatic heterocycles. The number of carboxylic acid groups (broad SMARTS) is 1. The van der Waals surface area contributed by atoms with Gasteiger partial charge in [0.15, 0.2) is 6.61 Å². The molecule has 3 N–H and O–H groups in total. The number of carboxylic acids is 1. The monoisotopic (exact) mass is 264 g/mol. The van der Waals surface area contributed by atoms with E-state index in [1.54, 1.807) is 18.2 Å². The van der Waals surface area contributed by atoms with Gasteiger partial charge >= 0.3 is 5.97 Å². The van der Waals surface area contributed by atoms with Crippen molar-refractivity contribution in [3.05, 3.63) is 23.8 Å². The Morgan fingerprint density at radius 3 is 2.95 bits per heavy atom. The molecule has 0 spiro atoms. The highest BCUT2D eigenvalue weighted by Gasteiger charge is 2.16. The van der Waals surface area contributed by atoms with Crippen LogP contribution in [0.15, 0.2) is 18.2 Å². The van der Waals surface area contributed by atoms with Crippen molar-refractivity contribution in [3.8, 4) is 5.75 Å². The molecule has 1 aromatic rings. The Kier molecular flexibility index (Phi) is 3.65. The van der Waals surface area contributed by atoms with Crippen molar-refractivity contribution in [2.24, 2.45) is 0 Å². The van der Waals surface area contributed by atoms with Crippen molar-refractivity contribution in [1.82, 2.24) is 5.32 Å². The van der Waals surface area contributed by atoms with Crippen molar-refractivity contribution >= 4 is 23.5 Å². The smallest absolute Gasteiger partial charge is 0.322 e. The van der Waals surface area contributed by atoms with Gasteiger partial charge in [-0.15, -0.1) is 0 Å². The predicted molar refractivity (Wildman–Crippen MR) is 64.9 cm³/mol. The van der Waals surface area contributed by atoms with Crippen LogP contribution in [0.3, 0.4) is 0 Å². The zero-order chi connectivity index (χ0) is 13.8. The zero-order valence-corrected chi connectivity index (χ0v) is 9.93. The fraction of sp³-hybridized carbons (Fsp3) is 0.250. The average Bonchev–Trinajstić information content (AvgIpc) is 2.36. The highest BCUT2D eigenvalue weighted by atomic mass is 16.5. The third kappa shape index (κ3) is 3.44. The number of aliphatic carboxylic acids is 1. The Bertz CT molecular complexity index is 541. The van der Waals surface area contributed by atoms with Crippen LogP contribution in [0.5, 0.6) is 5.75 Å². The topological polar surface area (TPSA) is 105 Å². The Balaban J connectivity index is 2.01. The summed E-state index contributed by atoms with van der Waals surface area (Å²) in [6.07, 6.45) is 0.0381. The summed E-state index contributed by atoms with van der Waals surface area (Å²) in [5, 5.41) is 13.3. The third-order valence-corrected chi connectivity index (χ3v) is 2.48. The molecular weight excluding hydrogens is 252 g/mol. The minimum atomic E-state index is -1.10. The molecule has 0 fully saturated rings. The third-order valence-electron chi connectivity index (χ3n) is 2.48. The maximum Gasteiger partial charge on any atom is 0.322 e. The lowest BCUT2D eigenvalue weighted by atomic mass is 10.1. The van der Waals surface area contributed by atoms with Gasteiger partial charge in [0.2, 0.25) is 5.91 Å². The van der Waals surface area contributed by atoms with Crippen molar-refractivity contribution < 1.29 is 24.2 Å². The molecule has 19 heavy (non-hydrogen) atoms. The molecule has 0 aliphatic carbocycles. The molecule has 0 saturated carbocycles. The first-order chi connectivity index (χ1) is 9.04. The summed E-state index contributed by atoms with van der Waals surface area (Å²) in [6, 6.07) is 4.98. The lowest BCUT2D eigenvalue weighted by Gasteiger charge is -2.18. The summed E-state index contributed by atoms with van der Waals surface area (Å²) in [5.74, 6) is -1.20. The fourth-order valence-electron chi connectivity index (χ4n) is 1.66. The minimum absolute atomic E-state index is 0.0224. The summed E-state index contributed by atoms with van der Waals surface area (Å²) >= 11 is 0. The van der Waals surface area contributed by atoms with E-state index in [2.05, 4.69) is 10.6 Å². The molecule has 100 valence electrons. The van der Waals surface area contributed by atoms with Gasteiger partial charge in [-0.2, -0.15) is 0 Å². The number of hydrogen-bond acceptors (Lipinski definition) is 4. The van der Waals surface area contributed by atoms with E-state index in [0.29, 0.717) is 17.0 Å². The van der Waals surface area contributed by atoms with Crippen LogP contribution >= 0.6 is 0 Å². The first-order valence-electron chi connectivity index (χ1n) is 5.58. The van der Waals surface area contributed by atoms with Crippen LogP contribution in [-0.4, -0.2) is 36.0 Å². The number of hydrogen-bond donors (Lipinski definition) is 3. The normalized spacial score (nSPS) is 12.9. The number of rotatable bonds is 4. The molecule has 0 unspecified atom stereocenters. The molecule has 0 radical (unpaired) electrons. The molecule has 1 aliphatic rings. The SMILES string of the molecule is O=C(O)CNC(=O)Cc1ccc2c(c1)NC(=O)CO2. The first kappa shape index (κ1) is 12.9. The van der Waals surface area contributed by atoms with Crippen molar-refractivity contribution in [1.29, 1.82) is 0 Å². The van der Waals surface area contributed by atoms with E-state index in [1.807, 2.05) is 0 Å². The zero-order valence-electron chi connectivity index (χ0n) is 9.93. The van der Waals surface area contributed by atoms with Crippen LogP contribution < -0.4 is 15.4 Å². The Morgan fingerprint density at radius 1 is 1.42 bits per heavy atom. The molecule has 1 aromatic carbocycles. The number of carbonyl (C=O) groups is 3. The number of nitrogens with one attached hydrogen (secondary N) is 2. The summed E-state index contributed by atoms with van der Waals surface area (Å²) in [4.78, 5) is 32.9. The van der Waals surface area contributed by atoms with Crippen LogP contribution in [0.1, 0.15) is 5.56 Å². The highest BCUT2D eigenvalue weighted by Crippen LogP contribution is 2.28. The average molecular weight is 264 g/mol. The molecule has 2 rings (SSSR count). The lowest BCUT2D eigenvalue weighted by molar-refractivity contribution is -0.137. The summed E-state index contributed by atoms with van der Waals surface area (Å²) < 4.78 is 5.18. The second kappa shape index (κ2) is 5.38. The quantitative estimate of drug-likeness (QED) is 0.696. The van der Waals surface area contributed by atoms with Gasteiger partial charge in [0.05, 0.1) is 12.1 Å². The lowest BCUT2D eigenvalue weighted by Crippen LogP contribution is -2.30. The highest BCUT2D eigenvalue weighted by molar-refractivity contribution is 5.95. The van der Waals surface area contributed by atoms with Crippen LogP contribution in [0, 0.1) is 0 Å².